The molecule has 0 spiro atoms. The molecule has 2 aromatic carbocycles. The summed E-state index contributed by atoms with van der Waals surface area (Å²) in [6.45, 7) is 2.25. The van der Waals surface area contributed by atoms with Crippen molar-refractivity contribution in [2.45, 2.75) is 50.5 Å². The van der Waals surface area contributed by atoms with Crippen LogP contribution in [-0.4, -0.2) is 48.6 Å². The van der Waals surface area contributed by atoms with E-state index in [0.29, 0.717) is 19.1 Å². The van der Waals surface area contributed by atoms with Gasteiger partial charge < -0.3 is 15.5 Å². The van der Waals surface area contributed by atoms with Gasteiger partial charge in [0.25, 0.3) is 0 Å². The number of likely N-dealkylation sites (N-methyl/N-ethyl adjacent to an activating group) is 1. The van der Waals surface area contributed by atoms with Gasteiger partial charge in [-0.05, 0) is 37.4 Å². The zero-order valence-corrected chi connectivity index (χ0v) is 17.7. The molecule has 0 unspecified atom stereocenters. The predicted molar refractivity (Wildman–Crippen MR) is 120 cm³/mol. The van der Waals surface area contributed by atoms with Crippen LogP contribution in [0.1, 0.15) is 55.6 Å². The van der Waals surface area contributed by atoms with Crippen molar-refractivity contribution >= 4 is 6.03 Å². The number of nitrogens with two attached hydrogens (primary N) is 1. The van der Waals surface area contributed by atoms with E-state index < -0.39 is 0 Å². The molecule has 0 atom stereocenters. The van der Waals surface area contributed by atoms with Gasteiger partial charge in [-0.1, -0.05) is 79.9 Å². The van der Waals surface area contributed by atoms with Crippen molar-refractivity contribution < 1.29 is 4.79 Å². The Balaban J connectivity index is 1.61. The molecule has 3 rings (SSSR count). The lowest BCUT2D eigenvalue weighted by molar-refractivity contribution is 0.162. The van der Waals surface area contributed by atoms with Gasteiger partial charge in [-0.2, -0.15) is 0 Å². The molecule has 0 aliphatic heterocycles. The van der Waals surface area contributed by atoms with Crippen LogP contribution in [0.3, 0.4) is 0 Å². The minimum absolute atomic E-state index is 0.260. The van der Waals surface area contributed by atoms with Gasteiger partial charge in [0.15, 0.2) is 0 Å². The molecule has 0 aromatic heterocycles. The van der Waals surface area contributed by atoms with Crippen LogP contribution in [0, 0.1) is 0 Å². The zero-order valence-electron chi connectivity index (χ0n) is 17.7. The van der Waals surface area contributed by atoms with Gasteiger partial charge in [-0.3, -0.25) is 0 Å². The number of rotatable bonds is 9. The van der Waals surface area contributed by atoms with Gasteiger partial charge in [0.1, 0.15) is 0 Å². The number of carbonyl (C=O) groups excluding carboxylic acids is 1. The third kappa shape index (κ3) is 6.33. The summed E-state index contributed by atoms with van der Waals surface area (Å²) < 4.78 is 0. The Morgan fingerprint density at radius 1 is 0.897 bits per heavy atom. The highest BCUT2D eigenvalue weighted by atomic mass is 16.2. The molecule has 4 heteroatoms. The maximum Gasteiger partial charge on any atom is 0.314 e. The zero-order chi connectivity index (χ0) is 20.5. The van der Waals surface area contributed by atoms with E-state index >= 15 is 0 Å². The van der Waals surface area contributed by atoms with Crippen LogP contribution in [0.15, 0.2) is 60.7 Å². The quantitative estimate of drug-likeness (QED) is 0.662. The van der Waals surface area contributed by atoms with Crippen LogP contribution in [-0.2, 0) is 0 Å². The van der Waals surface area contributed by atoms with Gasteiger partial charge >= 0.3 is 6.03 Å². The van der Waals surface area contributed by atoms with E-state index in [1.54, 1.807) is 0 Å². The number of primary amides is 1. The van der Waals surface area contributed by atoms with Gasteiger partial charge in [0.2, 0.25) is 0 Å². The second-order valence-corrected chi connectivity index (χ2v) is 8.26. The van der Waals surface area contributed by atoms with Gasteiger partial charge in [0, 0.05) is 31.6 Å². The SMILES string of the molecule is CN(CCN(CCC(c1ccccc1)c1ccccc1)C(N)=O)C1CCCCC1. The first kappa shape index (κ1) is 21.4. The standard InChI is InChI=1S/C25H35N3O/c1-27(23-15-9-4-10-16-23)19-20-28(25(26)29)18-17-24(21-11-5-2-6-12-21)22-13-7-3-8-14-22/h2-3,5-8,11-14,23-24H,4,9-10,15-20H2,1H3,(H2,26,29). The Labute approximate surface area is 175 Å². The largest absolute Gasteiger partial charge is 0.351 e. The van der Waals surface area contributed by atoms with Gasteiger partial charge in [-0.25, -0.2) is 4.79 Å². The second-order valence-electron chi connectivity index (χ2n) is 8.26. The minimum Gasteiger partial charge on any atom is -0.351 e. The number of amides is 2. The van der Waals surface area contributed by atoms with Crippen LogP contribution in [0.25, 0.3) is 0 Å². The molecule has 0 heterocycles. The van der Waals surface area contributed by atoms with Crippen molar-refractivity contribution in [2.24, 2.45) is 5.73 Å². The summed E-state index contributed by atoms with van der Waals surface area (Å²) in [6, 6.07) is 21.4. The normalized spacial score (nSPS) is 15.0. The lowest BCUT2D eigenvalue weighted by Crippen LogP contribution is -2.44. The molecular formula is C25H35N3O. The molecule has 0 saturated heterocycles. The molecule has 2 N–H and O–H groups in total. The molecule has 1 aliphatic carbocycles. The number of hydrogen-bond donors (Lipinski definition) is 1. The Bertz CT molecular complexity index is 689. The van der Waals surface area contributed by atoms with E-state index in [9.17, 15) is 4.79 Å². The number of nitrogens with zero attached hydrogens (tertiary/aromatic N) is 2. The Morgan fingerprint density at radius 3 is 1.97 bits per heavy atom. The number of hydrogen-bond acceptors (Lipinski definition) is 2. The van der Waals surface area contributed by atoms with Crippen LogP contribution in [0.2, 0.25) is 0 Å². The highest BCUT2D eigenvalue weighted by Crippen LogP contribution is 2.28. The Kier molecular flexibility index (Phi) is 8.12. The Morgan fingerprint density at radius 2 is 1.45 bits per heavy atom. The first-order valence-corrected chi connectivity index (χ1v) is 11.0. The van der Waals surface area contributed by atoms with E-state index in [1.165, 1.54) is 43.2 Å². The lowest BCUT2D eigenvalue weighted by Gasteiger charge is -2.33. The van der Waals surface area contributed by atoms with Crippen molar-refractivity contribution in [1.82, 2.24) is 9.80 Å². The summed E-state index contributed by atoms with van der Waals surface area (Å²) in [5.41, 5.74) is 8.29. The fourth-order valence-electron chi connectivity index (χ4n) is 4.50. The molecule has 4 nitrogen and oxygen atoms in total. The fraction of sp³-hybridized carbons (Fsp3) is 0.480. The monoisotopic (exact) mass is 393 g/mol. The summed E-state index contributed by atoms with van der Waals surface area (Å²) in [6.07, 6.45) is 7.42. The fourth-order valence-corrected chi connectivity index (χ4v) is 4.50. The number of benzene rings is 2. The maximum atomic E-state index is 12.1. The smallest absolute Gasteiger partial charge is 0.314 e. The highest BCUT2D eigenvalue weighted by molar-refractivity contribution is 5.72. The van der Waals surface area contributed by atoms with Crippen LogP contribution >= 0.6 is 0 Å². The summed E-state index contributed by atoms with van der Waals surface area (Å²) in [7, 11) is 2.19. The van der Waals surface area contributed by atoms with Crippen molar-refractivity contribution in [2.75, 3.05) is 26.7 Å². The molecule has 1 saturated carbocycles. The number of carbonyl (C=O) groups is 1. The van der Waals surface area contributed by atoms with Gasteiger partial charge in [-0.15, -0.1) is 0 Å². The average Bonchev–Trinajstić information content (AvgIpc) is 2.77. The summed E-state index contributed by atoms with van der Waals surface area (Å²) in [5, 5.41) is 0. The molecular weight excluding hydrogens is 358 g/mol. The van der Waals surface area contributed by atoms with Crippen LogP contribution in [0.5, 0.6) is 0 Å². The third-order valence-electron chi connectivity index (χ3n) is 6.32. The highest BCUT2D eigenvalue weighted by Gasteiger charge is 2.21. The van der Waals surface area contributed by atoms with Crippen molar-refractivity contribution in [3.63, 3.8) is 0 Å². The number of urea groups is 1. The van der Waals surface area contributed by atoms with E-state index in [4.69, 9.17) is 5.73 Å². The molecule has 29 heavy (non-hydrogen) atoms. The van der Waals surface area contributed by atoms with E-state index in [2.05, 4.69) is 60.5 Å². The summed E-state index contributed by atoms with van der Waals surface area (Å²) in [5.74, 6) is 0.260. The lowest BCUT2D eigenvalue weighted by atomic mass is 9.88. The molecule has 156 valence electrons. The summed E-state index contributed by atoms with van der Waals surface area (Å²) in [4.78, 5) is 16.3. The van der Waals surface area contributed by atoms with E-state index in [0.717, 1.165) is 13.0 Å². The van der Waals surface area contributed by atoms with Crippen molar-refractivity contribution in [1.29, 1.82) is 0 Å². The third-order valence-corrected chi connectivity index (χ3v) is 6.32. The first-order chi connectivity index (χ1) is 14.1. The van der Waals surface area contributed by atoms with E-state index in [-0.39, 0.29) is 11.9 Å². The van der Waals surface area contributed by atoms with E-state index in [1.807, 2.05) is 17.0 Å². The van der Waals surface area contributed by atoms with Crippen LogP contribution < -0.4 is 5.73 Å². The van der Waals surface area contributed by atoms with Crippen molar-refractivity contribution in [3.8, 4) is 0 Å². The molecule has 0 radical (unpaired) electrons. The molecule has 1 fully saturated rings. The average molecular weight is 394 g/mol. The topological polar surface area (TPSA) is 49.6 Å². The molecule has 2 aromatic rings. The predicted octanol–water partition coefficient (Wildman–Crippen LogP) is 4.85. The minimum atomic E-state index is -0.318. The molecule has 2 amide bonds. The van der Waals surface area contributed by atoms with Crippen molar-refractivity contribution in [3.05, 3.63) is 71.8 Å². The summed E-state index contributed by atoms with van der Waals surface area (Å²) >= 11 is 0. The molecule has 1 aliphatic rings. The first-order valence-electron chi connectivity index (χ1n) is 11.0. The van der Waals surface area contributed by atoms with Gasteiger partial charge in [0.05, 0.1) is 0 Å². The Hall–Kier alpha value is -2.33. The molecule has 0 bridgehead atoms. The van der Waals surface area contributed by atoms with Crippen LogP contribution in [0.4, 0.5) is 4.79 Å². The maximum absolute atomic E-state index is 12.1. The second kappa shape index (κ2) is 11.0.